The summed E-state index contributed by atoms with van der Waals surface area (Å²) in [6.45, 7) is 3.84. The predicted octanol–water partition coefficient (Wildman–Crippen LogP) is 1.06. The number of nitrogens with zero attached hydrogens (tertiary/aromatic N) is 2. The van der Waals surface area contributed by atoms with E-state index < -0.39 is 0 Å². The molecule has 2 heterocycles. The number of amides is 1. The summed E-state index contributed by atoms with van der Waals surface area (Å²) in [5, 5.41) is 0. The van der Waals surface area contributed by atoms with Crippen molar-refractivity contribution in [1.82, 2.24) is 9.88 Å². The maximum absolute atomic E-state index is 11.3. The van der Waals surface area contributed by atoms with Crippen molar-refractivity contribution in [3.05, 3.63) is 30.1 Å². The number of pyridine rings is 1. The van der Waals surface area contributed by atoms with Crippen LogP contribution in [0.2, 0.25) is 0 Å². The van der Waals surface area contributed by atoms with E-state index in [-0.39, 0.29) is 23.9 Å². The first kappa shape index (κ1) is 14.9. The Morgan fingerprint density at radius 2 is 2.00 bits per heavy atom. The fourth-order valence-corrected chi connectivity index (χ4v) is 2.97. The Morgan fingerprint density at radius 3 is 2.50 bits per heavy atom. The van der Waals surface area contributed by atoms with Crippen LogP contribution in [-0.2, 0) is 4.79 Å². The van der Waals surface area contributed by atoms with Crippen molar-refractivity contribution in [1.29, 1.82) is 0 Å². The van der Waals surface area contributed by atoms with E-state index in [1.807, 2.05) is 12.1 Å². The summed E-state index contributed by atoms with van der Waals surface area (Å²) < 4.78 is 0. The molecule has 5 nitrogen and oxygen atoms in total. The van der Waals surface area contributed by atoms with Crippen LogP contribution in [0.4, 0.5) is 0 Å². The number of hydrogen-bond acceptors (Lipinski definition) is 4. The molecule has 2 atom stereocenters. The monoisotopic (exact) mass is 276 g/mol. The third kappa shape index (κ3) is 3.35. The lowest BCUT2D eigenvalue weighted by molar-refractivity contribution is -0.123. The molecule has 0 aliphatic carbocycles. The van der Waals surface area contributed by atoms with Gasteiger partial charge < -0.3 is 11.5 Å². The third-order valence-corrected chi connectivity index (χ3v) is 4.25. The van der Waals surface area contributed by atoms with E-state index in [0.717, 1.165) is 32.4 Å². The topological polar surface area (TPSA) is 85.2 Å². The van der Waals surface area contributed by atoms with Crippen molar-refractivity contribution in [3.63, 3.8) is 0 Å². The fraction of sp³-hybridized carbons (Fsp3) is 0.600. The SMILES string of the molecule is CCC(N)C(c1ccncc1)N1CCC(C(N)=O)CC1. The number of carbonyl (C=O) groups is 1. The predicted molar refractivity (Wildman–Crippen MR) is 78.7 cm³/mol. The highest BCUT2D eigenvalue weighted by atomic mass is 16.1. The van der Waals surface area contributed by atoms with Crippen molar-refractivity contribution >= 4 is 5.91 Å². The molecule has 20 heavy (non-hydrogen) atoms. The van der Waals surface area contributed by atoms with E-state index in [2.05, 4.69) is 16.8 Å². The molecule has 2 rings (SSSR count). The lowest BCUT2D eigenvalue weighted by Gasteiger charge is -2.39. The number of carbonyl (C=O) groups excluding carboxylic acids is 1. The molecule has 0 radical (unpaired) electrons. The van der Waals surface area contributed by atoms with Gasteiger partial charge in [0.2, 0.25) is 5.91 Å². The summed E-state index contributed by atoms with van der Waals surface area (Å²) in [6.07, 6.45) is 6.19. The molecule has 1 aromatic rings. The fourth-order valence-electron chi connectivity index (χ4n) is 2.97. The highest BCUT2D eigenvalue weighted by Crippen LogP contribution is 2.29. The molecule has 110 valence electrons. The van der Waals surface area contributed by atoms with Gasteiger partial charge in [0.15, 0.2) is 0 Å². The van der Waals surface area contributed by atoms with Crippen LogP contribution >= 0.6 is 0 Å². The Bertz CT molecular complexity index is 429. The van der Waals surface area contributed by atoms with Gasteiger partial charge in [0.25, 0.3) is 0 Å². The minimum Gasteiger partial charge on any atom is -0.369 e. The lowest BCUT2D eigenvalue weighted by Crippen LogP contribution is -2.46. The Kier molecular flexibility index (Phi) is 5.09. The third-order valence-electron chi connectivity index (χ3n) is 4.25. The molecule has 2 unspecified atom stereocenters. The molecule has 4 N–H and O–H groups in total. The van der Waals surface area contributed by atoms with Gasteiger partial charge in [-0.3, -0.25) is 14.7 Å². The normalized spacial score (nSPS) is 20.5. The summed E-state index contributed by atoms with van der Waals surface area (Å²) in [7, 11) is 0. The van der Waals surface area contributed by atoms with E-state index >= 15 is 0 Å². The Morgan fingerprint density at radius 1 is 1.40 bits per heavy atom. The zero-order valence-electron chi connectivity index (χ0n) is 12.0. The number of primary amides is 1. The van der Waals surface area contributed by atoms with Gasteiger partial charge in [0.05, 0.1) is 0 Å². The summed E-state index contributed by atoms with van der Waals surface area (Å²) in [5.41, 5.74) is 12.9. The zero-order valence-corrected chi connectivity index (χ0v) is 12.0. The molecule has 1 aliphatic rings. The van der Waals surface area contributed by atoms with Crippen molar-refractivity contribution < 1.29 is 4.79 Å². The Labute approximate surface area is 120 Å². The molecule has 0 aromatic carbocycles. The Balaban J connectivity index is 2.11. The van der Waals surface area contributed by atoms with Gasteiger partial charge in [-0.25, -0.2) is 0 Å². The summed E-state index contributed by atoms with van der Waals surface area (Å²) >= 11 is 0. The molecule has 1 amide bonds. The van der Waals surface area contributed by atoms with Crippen LogP contribution in [0.15, 0.2) is 24.5 Å². The van der Waals surface area contributed by atoms with E-state index in [1.165, 1.54) is 5.56 Å². The van der Waals surface area contributed by atoms with E-state index in [9.17, 15) is 4.79 Å². The second-order valence-corrected chi connectivity index (χ2v) is 5.51. The van der Waals surface area contributed by atoms with Crippen LogP contribution in [0.1, 0.15) is 37.8 Å². The van der Waals surface area contributed by atoms with Crippen molar-refractivity contribution in [3.8, 4) is 0 Å². The largest absolute Gasteiger partial charge is 0.369 e. The molecule has 0 saturated carbocycles. The number of aromatic nitrogens is 1. The number of piperidine rings is 1. The average molecular weight is 276 g/mol. The van der Waals surface area contributed by atoms with Crippen LogP contribution in [0.5, 0.6) is 0 Å². The smallest absolute Gasteiger partial charge is 0.220 e. The average Bonchev–Trinajstić information content (AvgIpc) is 2.49. The molecule has 1 fully saturated rings. The molecule has 0 bridgehead atoms. The van der Waals surface area contributed by atoms with E-state index in [0.29, 0.717) is 0 Å². The lowest BCUT2D eigenvalue weighted by atomic mass is 9.91. The maximum Gasteiger partial charge on any atom is 0.220 e. The summed E-state index contributed by atoms with van der Waals surface area (Å²) in [5.74, 6) is -0.160. The second-order valence-electron chi connectivity index (χ2n) is 5.51. The molecule has 5 heteroatoms. The minimum atomic E-state index is -0.176. The molecular formula is C15H24N4O. The molecular weight excluding hydrogens is 252 g/mol. The highest BCUT2D eigenvalue weighted by Gasteiger charge is 2.30. The quantitative estimate of drug-likeness (QED) is 0.842. The van der Waals surface area contributed by atoms with Gasteiger partial charge in [-0.15, -0.1) is 0 Å². The van der Waals surface area contributed by atoms with Gasteiger partial charge in [-0.2, -0.15) is 0 Å². The van der Waals surface area contributed by atoms with Crippen LogP contribution in [0.25, 0.3) is 0 Å². The molecule has 0 spiro atoms. The first-order chi connectivity index (χ1) is 9.63. The molecule has 1 saturated heterocycles. The van der Waals surface area contributed by atoms with E-state index in [4.69, 9.17) is 11.5 Å². The van der Waals surface area contributed by atoms with E-state index in [1.54, 1.807) is 12.4 Å². The van der Waals surface area contributed by atoms with Crippen LogP contribution < -0.4 is 11.5 Å². The first-order valence-electron chi connectivity index (χ1n) is 7.32. The van der Waals surface area contributed by atoms with Gasteiger partial charge in [-0.1, -0.05) is 6.92 Å². The number of rotatable bonds is 5. The standard InChI is InChI=1S/C15H24N4O/c1-2-13(16)14(11-3-7-18-8-4-11)19-9-5-12(6-10-19)15(17)20/h3-4,7-8,12-14H,2,5-6,9-10,16H2,1H3,(H2,17,20). The maximum atomic E-state index is 11.3. The van der Waals surface area contributed by atoms with Crippen LogP contribution in [-0.4, -0.2) is 34.9 Å². The van der Waals surface area contributed by atoms with Crippen LogP contribution in [0.3, 0.4) is 0 Å². The Hall–Kier alpha value is -1.46. The van der Waals surface area contributed by atoms with Gasteiger partial charge in [0.1, 0.15) is 0 Å². The number of hydrogen-bond donors (Lipinski definition) is 2. The van der Waals surface area contributed by atoms with Gasteiger partial charge >= 0.3 is 0 Å². The molecule has 1 aliphatic heterocycles. The van der Waals surface area contributed by atoms with Gasteiger partial charge in [-0.05, 0) is 50.0 Å². The van der Waals surface area contributed by atoms with Gasteiger partial charge in [0, 0.05) is 30.4 Å². The van der Waals surface area contributed by atoms with Crippen molar-refractivity contribution in [2.45, 2.75) is 38.3 Å². The summed E-state index contributed by atoms with van der Waals surface area (Å²) in [6, 6.07) is 4.33. The zero-order chi connectivity index (χ0) is 14.5. The number of likely N-dealkylation sites (tertiary alicyclic amines) is 1. The van der Waals surface area contributed by atoms with Crippen molar-refractivity contribution in [2.24, 2.45) is 17.4 Å². The van der Waals surface area contributed by atoms with Crippen molar-refractivity contribution in [2.75, 3.05) is 13.1 Å². The highest BCUT2D eigenvalue weighted by molar-refractivity contribution is 5.76. The molecule has 1 aromatic heterocycles. The minimum absolute atomic E-state index is 0.0159. The van der Waals surface area contributed by atoms with Crippen LogP contribution in [0, 0.1) is 5.92 Å². The first-order valence-corrected chi connectivity index (χ1v) is 7.32. The second kappa shape index (κ2) is 6.81. The number of nitrogens with two attached hydrogens (primary N) is 2. The summed E-state index contributed by atoms with van der Waals surface area (Å²) in [4.78, 5) is 17.7.